The molecule has 0 fully saturated rings. The molecule has 0 heterocycles. The van der Waals surface area contributed by atoms with Crippen molar-refractivity contribution in [3.05, 3.63) is 11.6 Å². The van der Waals surface area contributed by atoms with Crippen molar-refractivity contribution < 1.29 is 183 Å². The minimum absolute atomic E-state index is 0. The van der Waals surface area contributed by atoms with Crippen LogP contribution < -0.4 is 169 Å². The molecule has 0 aliphatic heterocycles. The maximum atomic E-state index is 10.9. The molecule has 0 aliphatic rings. The van der Waals surface area contributed by atoms with E-state index in [0.717, 1.165) is 25.7 Å². The zero-order valence-corrected chi connectivity index (χ0v) is 26.1. The van der Waals surface area contributed by atoms with E-state index in [1.807, 2.05) is 13.8 Å². The molecule has 11 heteroatoms. The molecule has 6 nitrogen and oxygen atoms in total. The Morgan fingerprint density at radius 2 is 1.39 bits per heavy atom. The van der Waals surface area contributed by atoms with Gasteiger partial charge in [0.1, 0.15) is 7.60 Å². The molecule has 0 aromatic rings. The molecule has 0 aliphatic carbocycles. The van der Waals surface area contributed by atoms with Crippen molar-refractivity contribution in [3.8, 4) is 0 Å². The van der Waals surface area contributed by atoms with Crippen molar-refractivity contribution in [2.75, 3.05) is 0 Å². The van der Waals surface area contributed by atoms with Crippen molar-refractivity contribution in [3.63, 3.8) is 0 Å². The van der Waals surface area contributed by atoms with Crippen LogP contribution in [0.3, 0.4) is 0 Å². The molecule has 0 aromatic carbocycles. The van der Waals surface area contributed by atoms with Crippen LogP contribution in [0.25, 0.3) is 0 Å². The third-order valence-corrected chi connectivity index (χ3v) is 6.68. The minimum Gasteiger partial charge on any atom is -0.810 e. The third-order valence-electron chi connectivity index (χ3n) is 2.96. The van der Waals surface area contributed by atoms with Crippen molar-refractivity contribution >= 4 is 15.2 Å². The summed E-state index contributed by atoms with van der Waals surface area (Å²) in [5.74, 6) is 0. The Morgan fingerprint density at radius 1 is 0.957 bits per heavy atom. The van der Waals surface area contributed by atoms with Crippen LogP contribution >= 0.6 is 15.2 Å². The Morgan fingerprint density at radius 3 is 1.78 bits per heavy atom. The molecule has 23 heavy (non-hydrogen) atoms. The van der Waals surface area contributed by atoms with Gasteiger partial charge < -0.3 is 28.7 Å². The van der Waals surface area contributed by atoms with Crippen LogP contribution in [0, 0.1) is 0 Å². The Bertz CT molecular complexity index is 382. The summed E-state index contributed by atoms with van der Waals surface area (Å²) in [5, 5.41) is -2.18. The minimum atomic E-state index is -5.31. The predicted octanol–water partition coefficient (Wildman–Crippen LogP) is -7.52. The standard InChI is InChI=1S/C12H26O6P2.3K/c1-11(2)9-7-5-3-4-6-8-10-12(19(13,14)15)20(16,17)18;;;/h9,12H,3-8,10H2,1-2H3,(H2,13,14,15)(H2,16,17,18);;;/q;3*+1/p-3. The quantitative estimate of drug-likeness (QED) is 0.155. The summed E-state index contributed by atoms with van der Waals surface area (Å²) < 4.78 is 21.6. The number of hydrogen-bond acceptors (Lipinski definition) is 5. The van der Waals surface area contributed by atoms with Gasteiger partial charge in [-0.3, -0.25) is 0 Å². The molecule has 0 spiro atoms. The Kier molecular flexibility index (Phi) is 29.2. The second kappa shape index (κ2) is 18.9. The summed E-state index contributed by atoms with van der Waals surface area (Å²) in [4.78, 5) is 41.2. The second-order valence-electron chi connectivity index (χ2n) is 5.21. The van der Waals surface area contributed by atoms with E-state index in [4.69, 9.17) is 4.89 Å². The molecule has 0 saturated heterocycles. The first kappa shape index (κ1) is 35.4. The van der Waals surface area contributed by atoms with Gasteiger partial charge >= 0.3 is 154 Å². The van der Waals surface area contributed by atoms with E-state index in [1.54, 1.807) is 0 Å². The molecule has 120 valence electrons. The van der Waals surface area contributed by atoms with E-state index in [9.17, 15) is 23.8 Å². The van der Waals surface area contributed by atoms with E-state index < -0.39 is 20.6 Å². The van der Waals surface area contributed by atoms with Crippen LogP contribution in [0.2, 0.25) is 0 Å². The molecule has 0 radical (unpaired) electrons. The molecule has 0 amide bonds. The smallest absolute Gasteiger partial charge is 0.810 e. The van der Waals surface area contributed by atoms with Crippen LogP contribution in [0.4, 0.5) is 0 Å². The summed E-state index contributed by atoms with van der Waals surface area (Å²) in [5.41, 5.74) is 1.27. The second-order valence-corrected chi connectivity index (χ2v) is 9.07. The fourth-order valence-electron chi connectivity index (χ4n) is 1.89. The van der Waals surface area contributed by atoms with E-state index >= 15 is 0 Å². The van der Waals surface area contributed by atoms with Gasteiger partial charge in [0.2, 0.25) is 0 Å². The van der Waals surface area contributed by atoms with E-state index in [1.165, 1.54) is 5.57 Å². The van der Waals surface area contributed by atoms with Gasteiger partial charge in [0.15, 0.2) is 0 Å². The van der Waals surface area contributed by atoms with Gasteiger partial charge in [-0.25, -0.2) is 0 Å². The van der Waals surface area contributed by atoms with Gasteiger partial charge in [0, 0.05) is 0 Å². The summed E-state index contributed by atoms with van der Waals surface area (Å²) in [6.45, 7) is 4.06. The number of rotatable bonds is 10. The summed E-state index contributed by atoms with van der Waals surface area (Å²) in [6, 6.07) is 0. The molecule has 0 saturated carbocycles. The molecule has 0 bridgehead atoms. The number of allylic oxidation sites excluding steroid dienone is 2. The maximum absolute atomic E-state index is 10.9. The maximum Gasteiger partial charge on any atom is 1.00 e. The molecule has 1 N–H and O–H groups in total. The SMILES string of the molecule is CC(C)=CCCCCCCCC(P(=O)([O-])[O-])P(=O)([O-])O.[K+].[K+].[K+]. The summed E-state index contributed by atoms with van der Waals surface area (Å²) in [6.07, 6.45) is 6.59. The largest absolute Gasteiger partial charge is 1.00 e. The third kappa shape index (κ3) is 21.5. The molecular weight excluding hydrogens is 419 g/mol. The normalized spacial score (nSPS) is 14.3. The topological polar surface area (TPSA) is 124 Å². The van der Waals surface area contributed by atoms with Gasteiger partial charge in [-0.05, 0) is 33.1 Å². The zero-order chi connectivity index (χ0) is 15.8. The van der Waals surface area contributed by atoms with Crippen molar-refractivity contribution in [1.29, 1.82) is 0 Å². The summed E-state index contributed by atoms with van der Waals surface area (Å²) >= 11 is 0. The van der Waals surface area contributed by atoms with Gasteiger partial charge in [0.25, 0.3) is 0 Å². The molecule has 0 rings (SSSR count). The van der Waals surface area contributed by atoms with Gasteiger partial charge in [-0.2, -0.15) is 0 Å². The van der Waals surface area contributed by atoms with Crippen molar-refractivity contribution in [2.45, 2.75) is 64.2 Å². The van der Waals surface area contributed by atoms with Crippen molar-refractivity contribution in [1.82, 2.24) is 0 Å². The molecule has 2 unspecified atom stereocenters. The van der Waals surface area contributed by atoms with Crippen LogP contribution in [0.5, 0.6) is 0 Å². The fraction of sp³-hybridized carbons (Fsp3) is 0.833. The Hall–Kier alpha value is 4.95. The van der Waals surface area contributed by atoms with Crippen LogP contribution in [-0.2, 0) is 9.13 Å². The predicted molar refractivity (Wildman–Crippen MR) is 73.0 cm³/mol. The fourth-order valence-corrected chi connectivity index (χ4v) is 4.33. The van der Waals surface area contributed by atoms with Gasteiger partial charge in [-0.1, -0.05) is 44.9 Å². The van der Waals surface area contributed by atoms with Gasteiger partial charge in [0.05, 0.1) is 5.40 Å². The van der Waals surface area contributed by atoms with Crippen molar-refractivity contribution in [2.24, 2.45) is 0 Å². The van der Waals surface area contributed by atoms with E-state index in [-0.39, 0.29) is 161 Å². The van der Waals surface area contributed by atoms with E-state index in [2.05, 4.69) is 6.08 Å². The molecule has 0 aromatic heterocycles. The average molecular weight is 443 g/mol. The number of hydrogen-bond donors (Lipinski definition) is 1. The Labute approximate surface area is 267 Å². The monoisotopic (exact) mass is 442 g/mol. The zero-order valence-electron chi connectivity index (χ0n) is 15.0. The first-order valence-electron chi connectivity index (χ1n) is 6.73. The van der Waals surface area contributed by atoms with E-state index in [0.29, 0.717) is 12.8 Å². The first-order valence-corrected chi connectivity index (χ1v) is 9.99. The molecular formula is C12H23K3O6P2. The van der Waals surface area contributed by atoms with Gasteiger partial charge in [-0.15, -0.1) is 0 Å². The summed E-state index contributed by atoms with van der Waals surface area (Å²) in [7, 11) is -10.4. The van der Waals surface area contributed by atoms with Crippen LogP contribution in [0.15, 0.2) is 11.6 Å². The first-order chi connectivity index (χ1) is 9.05. The van der Waals surface area contributed by atoms with Crippen LogP contribution in [-0.4, -0.2) is 10.3 Å². The molecule has 2 atom stereocenters. The Balaban J connectivity index is -0.000000602. The average Bonchev–Trinajstić information content (AvgIpc) is 2.22. The number of unbranched alkanes of at least 4 members (excludes halogenated alkanes) is 5. The van der Waals surface area contributed by atoms with Crippen LogP contribution in [0.1, 0.15) is 58.8 Å².